The maximum absolute atomic E-state index is 11.7. The number of nitrogens with one attached hydrogen (secondary N) is 1. The molecule has 5 nitrogen and oxygen atoms in total. The SMILES string of the molecule is CC(C)N1C(=O)NS(=O)(=O)c2ccccc21. The molecule has 0 radical (unpaired) electrons. The molecule has 0 unspecified atom stereocenters. The summed E-state index contributed by atoms with van der Waals surface area (Å²) in [5, 5.41) is 0. The van der Waals surface area contributed by atoms with Gasteiger partial charge in [0.25, 0.3) is 10.0 Å². The van der Waals surface area contributed by atoms with E-state index in [0.717, 1.165) is 0 Å². The normalized spacial score (nSPS) is 18.2. The van der Waals surface area contributed by atoms with E-state index in [1.807, 2.05) is 18.6 Å². The van der Waals surface area contributed by atoms with Crippen molar-refractivity contribution in [3.63, 3.8) is 0 Å². The second-order valence-electron chi connectivity index (χ2n) is 3.84. The first-order valence-electron chi connectivity index (χ1n) is 4.88. The lowest BCUT2D eigenvalue weighted by molar-refractivity contribution is 0.249. The van der Waals surface area contributed by atoms with Crippen molar-refractivity contribution in [1.82, 2.24) is 4.72 Å². The minimum atomic E-state index is -3.70. The van der Waals surface area contributed by atoms with Gasteiger partial charge >= 0.3 is 6.03 Å². The van der Waals surface area contributed by atoms with E-state index in [4.69, 9.17) is 0 Å². The fourth-order valence-corrected chi connectivity index (χ4v) is 2.86. The van der Waals surface area contributed by atoms with E-state index in [1.165, 1.54) is 11.0 Å². The van der Waals surface area contributed by atoms with Gasteiger partial charge in [-0.1, -0.05) is 12.1 Å². The number of hydrogen-bond donors (Lipinski definition) is 1. The third kappa shape index (κ3) is 1.55. The fraction of sp³-hybridized carbons (Fsp3) is 0.300. The van der Waals surface area contributed by atoms with E-state index in [2.05, 4.69) is 0 Å². The predicted molar refractivity (Wildman–Crippen MR) is 59.8 cm³/mol. The maximum Gasteiger partial charge on any atom is 0.336 e. The maximum atomic E-state index is 11.7. The molecule has 0 atom stereocenters. The van der Waals surface area contributed by atoms with Gasteiger partial charge in [-0.25, -0.2) is 17.9 Å². The number of carbonyl (C=O) groups excluding carboxylic acids is 1. The van der Waals surface area contributed by atoms with Crippen LogP contribution in [-0.4, -0.2) is 20.5 Å². The Morgan fingerprint density at radius 1 is 1.25 bits per heavy atom. The fourth-order valence-electron chi connectivity index (χ4n) is 1.72. The van der Waals surface area contributed by atoms with Crippen molar-refractivity contribution in [3.05, 3.63) is 24.3 Å². The van der Waals surface area contributed by atoms with Gasteiger partial charge in [0.1, 0.15) is 4.90 Å². The number of para-hydroxylation sites is 1. The number of sulfonamides is 1. The second kappa shape index (κ2) is 3.48. The molecule has 86 valence electrons. The number of anilines is 1. The number of benzene rings is 1. The van der Waals surface area contributed by atoms with Crippen LogP contribution >= 0.6 is 0 Å². The van der Waals surface area contributed by atoms with Gasteiger partial charge in [-0.3, -0.25) is 4.90 Å². The van der Waals surface area contributed by atoms with Crippen molar-refractivity contribution in [2.24, 2.45) is 0 Å². The average molecular weight is 240 g/mol. The summed E-state index contributed by atoms with van der Waals surface area (Å²) >= 11 is 0. The molecule has 1 aromatic rings. The molecule has 0 bridgehead atoms. The van der Waals surface area contributed by atoms with Gasteiger partial charge in [-0.05, 0) is 26.0 Å². The minimum absolute atomic E-state index is 0.100. The minimum Gasteiger partial charge on any atom is -0.290 e. The molecule has 1 N–H and O–H groups in total. The number of fused-ring (bicyclic) bond motifs is 1. The van der Waals surface area contributed by atoms with Gasteiger partial charge < -0.3 is 0 Å². The van der Waals surface area contributed by atoms with E-state index in [1.54, 1.807) is 18.2 Å². The molecule has 6 heteroatoms. The lowest BCUT2D eigenvalue weighted by Crippen LogP contribution is -2.50. The van der Waals surface area contributed by atoms with Crippen LogP contribution in [-0.2, 0) is 10.0 Å². The molecule has 1 aliphatic heterocycles. The van der Waals surface area contributed by atoms with Gasteiger partial charge in [0.05, 0.1) is 5.69 Å². The molecule has 2 rings (SSSR count). The van der Waals surface area contributed by atoms with Crippen LogP contribution in [0, 0.1) is 0 Å². The van der Waals surface area contributed by atoms with E-state index < -0.39 is 16.1 Å². The summed E-state index contributed by atoms with van der Waals surface area (Å²) in [6.45, 7) is 3.66. The van der Waals surface area contributed by atoms with E-state index in [0.29, 0.717) is 5.69 Å². The molecule has 0 saturated carbocycles. The van der Waals surface area contributed by atoms with Gasteiger partial charge in [-0.15, -0.1) is 0 Å². The predicted octanol–water partition coefficient (Wildman–Crippen LogP) is 1.31. The molecule has 1 heterocycles. The Hall–Kier alpha value is -1.56. The third-order valence-electron chi connectivity index (χ3n) is 2.37. The molecule has 1 aromatic carbocycles. The molecule has 2 amide bonds. The zero-order chi connectivity index (χ0) is 11.9. The monoisotopic (exact) mass is 240 g/mol. The summed E-state index contributed by atoms with van der Waals surface area (Å²) in [4.78, 5) is 13.2. The Bertz CT molecular complexity index is 537. The summed E-state index contributed by atoms with van der Waals surface area (Å²) in [6, 6.07) is 5.75. The highest BCUT2D eigenvalue weighted by Crippen LogP contribution is 2.30. The van der Waals surface area contributed by atoms with Crippen LogP contribution < -0.4 is 9.62 Å². The lowest BCUT2D eigenvalue weighted by Gasteiger charge is -2.32. The standard InChI is InChI=1S/C10H12N2O3S/c1-7(2)12-8-5-3-4-6-9(8)16(14,15)11-10(12)13/h3-7H,1-2H3,(H,11,13). The Morgan fingerprint density at radius 3 is 2.50 bits per heavy atom. The Balaban J connectivity index is 2.69. The van der Waals surface area contributed by atoms with Crippen molar-refractivity contribution in [2.75, 3.05) is 4.90 Å². The number of nitrogens with zero attached hydrogens (tertiary/aromatic N) is 1. The number of hydrogen-bond acceptors (Lipinski definition) is 3. The van der Waals surface area contributed by atoms with Crippen LogP contribution in [0.2, 0.25) is 0 Å². The summed E-state index contributed by atoms with van der Waals surface area (Å²) in [6.07, 6.45) is 0. The van der Waals surface area contributed by atoms with Crippen LogP contribution in [0.1, 0.15) is 13.8 Å². The van der Waals surface area contributed by atoms with Gasteiger partial charge in [0, 0.05) is 6.04 Å². The van der Waals surface area contributed by atoms with Crippen molar-refractivity contribution in [1.29, 1.82) is 0 Å². The number of rotatable bonds is 1. The Labute approximate surface area is 94.1 Å². The second-order valence-corrected chi connectivity index (χ2v) is 5.49. The molecule has 0 fully saturated rings. The molecule has 0 spiro atoms. The number of urea groups is 1. The number of carbonyl (C=O) groups is 1. The number of amides is 2. The van der Waals surface area contributed by atoms with E-state index in [9.17, 15) is 13.2 Å². The topological polar surface area (TPSA) is 66.5 Å². The van der Waals surface area contributed by atoms with Crippen LogP contribution in [0.5, 0.6) is 0 Å². The molecule has 1 aliphatic rings. The summed E-state index contributed by atoms with van der Waals surface area (Å²) in [5.74, 6) is 0. The highest BCUT2D eigenvalue weighted by Gasteiger charge is 2.34. The van der Waals surface area contributed by atoms with Crippen LogP contribution in [0.3, 0.4) is 0 Å². The Morgan fingerprint density at radius 2 is 1.88 bits per heavy atom. The van der Waals surface area contributed by atoms with Gasteiger partial charge in [-0.2, -0.15) is 0 Å². The van der Waals surface area contributed by atoms with Gasteiger partial charge in [0.2, 0.25) is 0 Å². The first-order valence-corrected chi connectivity index (χ1v) is 6.37. The van der Waals surface area contributed by atoms with Gasteiger partial charge in [0.15, 0.2) is 0 Å². The van der Waals surface area contributed by atoms with Crippen LogP contribution in [0.15, 0.2) is 29.2 Å². The quantitative estimate of drug-likeness (QED) is 0.805. The largest absolute Gasteiger partial charge is 0.336 e. The smallest absolute Gasteiger partial charge is 0.290 e. The summed E-state index contributed by atoms with van der Waals surface area (Å²) < 4.78 is 25.4. The molecular formula is C10H12N2O3S. The highest BCUT2D eigenvalue weighted by atomic mass is 32.2. The molecular weight excluding hydrogens is 228 g/mol. The molecule has 0 aromatic heterocycles. The summed E-state index contributed by atoms with van der Waals surface area (Å²) in [7, 11) is -3.70. The molecule has 16 heavy (non-hydrogen) atoms. The first-order chi connectivity index (χ1) is 7.43. The first kappa shape index (κ1) is 10.9. The molecule has 0 aliphatic carbocycles. The van der Waals surface area contributed by atoms with Crippen LogP contribution in [0.25, 0.3) is 0 Å². The average Bonchev–Trinajstić information content (AvgIpc) is 2.15. The zero-order valence-electron chi connectivity index (χ0n) is 8.97. The van der Waals surface area contributed by atoms with E-state index in [-0.39, 0.29) is 10.9 Å². The van der Waals surface area contributed by atoms with Crippen molar-refractivity contribution < 1.29 is 13.2 Å². The van der Waals surface area contributed by atoms with E-state index >= 15 is 0 Å². The van der Waals surface area contributed by atoms with Crippen LogP contribution in [0.4, 0.5) is 10.5 Å². The lowest BCUT2D eigenvalue weighted by atomic mass is 10.2. The summed E-state index contributed by atoms with van der Waals surface area (Å²) in [5.41, 5.74) is 0.432. The van der Waals surface area contributed by atoms with Crippen molar-refractivity contribution in [2.45, 2.75) is 24.8 Å². The third-order valence-corrected chi connectivity index (χ3v) is 3.74. The van der Waals surface area contributed by atoms with Crippen molar-refractivity contribution in [3.8, 4) is 0 Å². The zero-order valence-corrected chi connectivity index (χ0v) is 9.78. The molecule has 0 saturated heterocycles. The Kier molecular flexibility index (Phi) is 2.38. The highest BCUT2D eigenvalue weighted by molar-refractivity contribution is 7.90. The van der Waals surface area contributed by atoms with Crippen molar-refractivity contribution >= 4 is 21.7 Å².